The van der Waals surface area contributed by atoms with Crippen LogP contribution in [0.1, 0.15) is 10.4 Å². The molecule has 0 aliphatic carbocycles. The number of para-hydroxylation sites is 2. The van der Waals surface area contributed by atoms with Gasteiger partial charge in [0.2, 0.25) is 0 Å². The van der Waals surface area contributed by atoms with Gasteiger partial charge in [-0.2, -0.15) is 0 Å². The molecule has 1 heterocycles. The number of nitrogens with zero attached hydrogens (tertiary/aromatic N) is 1. The molecule has 1 aromatic carbocycles. The van der Waals surface area contributed by atoms with Gasteiger partial charge < -0.3 is 9.84 Å². The van der Waals surface area contributed by atoms with Crippen LogP contribution in [0.3, 0.4) is 0 Å². The maximum Gasteiger partial charge on any atom is 0.342 e. The molecule has 88 valence electrons. The zero-order chi connectivity index (χ0) is 12.4. The number of aromatic amines is 1. The molecule has 0 bridgehead atoms. The molecular formula is C11H10N2O4. The topological polar surface area (TPSA) is 84.3 Å². The van der Waals surface area contributed by atoms with Crippen LogP contribution in [0.5, 0.6) is 5.75 Å². The molecule has 0 spiro atoms. The number of carbonyl (C=O) groups is 1. The Kier molecular flexibility index (Phi) is 2.70. The summed E-state index contributed by atoms with van der Waals surface area (Å²) in [5, 5.41) is 11.4. The molecule has 0 fully saturated rings. The molecule has 0 aliphatic heterocycles. The third-order valence-corrected chi connectivity index (χ3v) is 2.33. The fourth-order valence-electron chi connectivity index (χ4n) is 1.52. The average molecular weight is 234 g/mol. The number of benzene rings is 1. The Morgan fingerprint density at radius 1 is 1.41 bits per heavy atom. The highest BCUT2D eigenvalue weighted by Gasteiger charge is 2.15. The second-order valence-corrected chi connectivity index (χ2v) is 3.30. The first-order valence-corrected chi connectivity index (χ1v) is 4.82. The number of carboxylic acids is 1. The van der Waals surface area contributed by atoms with Gasteiger partial charge in [0.15, 0.2) is 0 Å². The zero-order valence-corrected chi connectivity index (χ0v) is 9.01. The highest BCUT2D eigenvalue weighted by Crippen LogP contribution is 2.19. The molecule has 2 aromatic rings. The molecule has 0 aliphatic rings. The SMILES string of the molecule is COc1ccccc1-n1[nH]cc(C(=O)O)c1=O. The van der Waals surface area contributed by atoms with Crippen LogP contribution in [0.15, 0.2) is 35.3 Å². The molecule has 2 rings (SSSR count). The van der Waals surface area contributed by atoms with E-state index in [0.717, 1.165) is 10.9 Å². The van der Waals surface area contributed by atoms with Crippen molar-refractivity contribution in [3.05, 3.63) is 46.4 Å². The third kappa shape index (κ3) is 1.80. The fraction of sp³-hybridized carbons (Fsp3) is 0.0909. The van der Waals surface area contributed by atoms with Crippen molar-refractivity contribution in [3.63, 3.8) is 0 Å². The summed E-state index contributed by atoms with van der Waals surface area (Å²) in [5.41, 5.74) is -0.467. The second-order valence-electron chi connectivity index (χ2n) is 3.30. The number of rotatable bonds is 3. The van der Waals surface area contributed by atoms with Gasteiger partial charge in [-0.3, -0.25) is 9.89 Å². The molecule has 6 heteroatoms. The first-order chi connectivity index (χ1) is 8.15. The first-order valence-electron chi connectivity index (χ1n) is 4.82. The summed E-state index contributed by atoms with van der Waals surface area (Å²) in [7, 11) is 1.48. The van der Waals surface area contributed by atoms with Gasteiger partial charge in [-0.25, -0.2) is 9.48 Å². The minimum atomic E-state index is -1.26. The lowest BCUT2D eigenvalue weighted by molar-refractivity contribution is 0.0695. The summed E-state index contributed by atoms with van der Waals surface area (Å²) in [5.74, 6) is -0.784. The van der Waals surface area contributed by atoms with Crippen molar-refractivity contribution in [1.82, 2.24) is 9.78 Å². The molecule has 2 N–H and O–H groups in total. The lowest BCUT2D eigenvalue weighted by Gasteiger charge is -2.07. The van der Waals surface area contributed by atoms with E-state index in [2.05, 4.69) is 5.10 Å². The van der Waals surface area contributed by atoms with Crippen LogP contribution in [-0.2, 0) is 0 Å². The number of nitrogens with one attached hydrogen (secondary N) is 1. The van der Waals surface area contributed by atoms with E-state index < -0.39 is 11.5 Å². The van der Waals surface area contributed by atoms with Gasteiger partial charge >= 0.3 is 5.97 Å². The molecule has 0 saturated carbocycles. The van der Waals surface area contributed by atoms with Gasteiger partial charge in [-0.05, 0) is 12.1 Å². The van der Waals surface area contributed by atoms with Crippen LogP contribution in [0, 0.1) is 0 Å². The number of H-pyrrole nitrogens is 1. The molecule has 6 nitrogen and oxygen atoms in total. The molecular weight excluding hydrogens is 224 g/mol. The Bertz CT molecular complexity index is 612. The monoisotopic (exact) mass is 234 g/mol. The zero-order valence-electron chi connectivity index (χ0n) is 9.01. The van der Waals surface area contributed by atoms with Gasteiger partial charge in [-0.1, -0.05) is 12.1 Å². The van der Waals surface area contributed by atoms with Crippen LogP contribution >= 0.6 is 0 Å². The first kappa shape index (κ1) is 11.0. The highest BCUT2D eigenvalue weighted by atomic mass is 16.5. The van der Waals surface area contributed by atoms with Crippen LogP contribution < -0.4 is 10.3 Å². The van der Waals surface area contributed by atoms with Gasteiger partial charge in [0.05, 0.1) is 7.11 Å². The summed E-state index contributed by atoms with van der Waals surface area (Å²) in [4.78, 5) is 22.5. The van der Waals surface area contributed by atoms with E-state index in [4.69, 9.17) is 9.84 Å². The number of ether oxygens (including phenoxy) is 1. The standard InChI is InChI=1S/C11H10N2O4/c1-17-9-5-3-2-4-8(9)13-10(14)7(6-12-13)11(15)16/h2-6,12H,1H3,(H,15,16). The number of hydrogen-bond acceptors (Lipinski definition) is 3. The Morgan fingerprint density at radius 3 is 2.71 bits per heavy atom. The molecule has 17 heavy (non-hydrogen) atoms. The van der Waals surface area contributed by atoms with E-state index in [1.807, 2.05) is 0 Å². The number of aromatic carboxylic acids is 1. The average Bonchev–Trinajstić information content (AvgIpc) is 2.71. The number of aromatic nitrogens is 2. The predicted molar refractivity (Wildman–Crippen MR) is 59.9 cm³/mol. The Labute approximate surface area is 96.1 Å². The van der Waals surface area contributed by atoms with Gasteiger partial charge in [0.25, 0.3) is 5.56 Å². The normalized spacial score (nSPS) is 10.2. The minimum absolute atomic E-state index is 0.309. The number of methoxy groups -OCH3 is 1. The summed E-state index contributed by atoms with van der Waals surface area (Å²) in [6.45, 7) is 0. The Hall–Kier alpha value is -2.50. The van der Waals surface area contributed by atoms with Crippen molar-refractivity contribution in [2.24, 2.45) is 0 Å². The third-order valence-electron chi connectivity index (χ3n) is 2.33. The molecule has 1 aromatic heterocycles. The van der Waals surface area contributed by atoms with Crippen LogP contribution in [0.2, 0.25) is 0 Å². The van der Waals surface area contributed by atoms with Crippen LogP contribution in [0.25, 0.3) is 5.69 Å². The van der Waals surface area contributed by atoms with E-state index in [1.165, 1.54) is 7.11 Å². The van der Waals surface area contributed by atoms with Gasteiger partial charge in [-0.15, -0.1) is 0 Å². The van der Waals surface area contributed by atoms with Gasteiger partial charge in [0, 0.05) is 6.20 Å². The largest absolute Gasteiger partial charge is 0.494 e. The molecule has 0 amide bonds. The molecule has 0 unspecified atom stereocenters. The number of hydrogen-bond donors (Lipinski definition) is 2. The molecule has 0 atom stereocenters. The lowest BCUT2D eigenvalue weighted by atomic mass is 10.3. The fourth-order valence-corrected chi connectivity index (χ4v) is 1.52. The van der Waals surface area contributed by atoms with E-state index >= 15 is 0 Å². The Balaban J connectivity index is 2.62. The van der Waals surface area contributed by atoms with Crippen molar-refractivity contribution >= 4 is 5.97 Å². The van der Waals surface area contributed by atoms with E-state index in [-0.39, 0.29) is 5.56 Å². The van der Waals surface area contributed by atoms with Crippen molar-refractivity contribution in [2.45, 2.75) is 0 Å². The van der Waals surface area contributed by atoms with Crippen molar-refractivity contribution < 1.29 is 14.6 Å². The smallest absolute Gasteiger partial charge is 0.342 e. The van der Waals surface area contributed by atoms with Crippen molar-refractivity contribution in [3.8, 4) is 11.4 Å². The summed E-state index contributed by atoms with van der Waals surface area (Å²) >= 11 is 0. The van der Waals surface area contributed by atoms with E-state index in [0.29, 0.717) is 11.4 Å². The second kappa shape index (κ2) is 4.17. The van der Waals surface area contributed by atoms with E-state index in [9.17, 15) is 9.59 Å². The van der Waals surface area contributed by atoms with E-state index in [1.54, 1.807) is 24.3 Å². The van der Waals surface area contributed by atoms with Crippen LogP contribution in [-0.4, -0.2) is 28.0 Å². The lowest BCUT2D eigenvalue weighted by Crippen LogP contribution is -2.20. The summed E-state index contributed by atoms with van der Waals surface area (Å²) in [6, 6.07) is 6.82. The van der Waals surface area contributed by atoms with Gasteiger partial charge in [0.1, 0.15) is 17.0 Å². The van der Waals surface area contributed by atoms with Crippen molar-refractivity contribution in [1.29, 1.82) is 0 Å². The highest BCUT2D eigenvalue weighted by molar-refractivity contribution is 5.86. The predicted octanol–water partition coefficient (Wildman–Crippen LogP) is 0.872. The summed E-state index contributed by atoms with van der Waals surface area (Å²) < 4.78 is 6.22. The number of carboxylic acid groups (broad SMARTS) is 1. The van der Waals surface area contributed by atoms with Crippen LogP contribution in [0.4, 0.5) is 0 Å². The Morgan fingerprint density at radius 2 is 2.12 bits per heavy atom. The quantitative estimate of drug-likeness (QED) is 0.825. The maximum atomic E-state index is 11.8. The minimum Gasteiger partial charge on any atom is -0.494 e. The summed E-state index contributed by atoms with van der Waals surface area (Å²) in [6.07, 6.45) is 1.15. The van der Waals surface area contributed by atoms with Crippen molar-refractivity contribution in [2.75, 3.05) is 7.11 Å². The molecule has 0 radical (unpaired) electrons. The molecule has 0 saturated heterocycles. The maximum absolute atomic E-state index is 11.8.